The molecule has 0 bridgehead atoms. The van der Waals surface area contributed by atoms with Gasteiger partial charge in [-0.1, -0.05) is 12.1 Å². The lowest BCUT2D eigenvalue weighted by Gasteiger charge is -2.15. The van der Waals surface area contributed by atoms with Gasteiger partial charge in [0, 0.05) is 15.8 Å². The lowest BCUT2D eigenvalue weighted by Crippen LogP contribution is -2.18. The third-order valence-electron chi connectivity index (χ3n) is 3.33. The fraction of sp³-hybridized carbons (Fsp3) is 0.333. The third-order valence-corrected chi connectivity index (χ3v) is 4.60. The second kappa shape index (κ2) is 5.80. The van der Waals surface area contributed by atoms with Crippen LogP contribution in [0.1, 0.15) is 26.9 Å². The van der Waals surface area contributed by atoms with Gasteiger partial charge < -0.3 is 5.32 Å². The number of rotatable bonds is 4. The van der Waals surface area contributed by atoms with Gasteiger partial charge in [-0.25, -0.2) is 8.78 Å². The van der Waals surface area contributed by atoms with Crippen LogP contribution in [0, 0.1) is 25.5 Å². The number of nitrogens with one attached hydrogen (secondary N) is 1. The smallest absolute Gasteiger partial charge is 0.162 e. The van der Waals surface area contributed by atoms with Gasteiger partial charge in [0.2, 0.25) is 0 Å². The molecule has 0 aliphatic carbocycles. The number of halogens is 2. The highest BCUT2D eigenvalue weighted by molar-refractivity contribution is 7.12. The van der Waals surface area contributed by atoms with E-state index in [1.807, 2.05) is 7.05 Å². The molecule has 4 heteroatoms. The number of likely N-dealkylation sites (N-methyl/N-ethyl adjacent to an activating group) is 1. The van der Waals surface area contributed by atoms with Crippen molar-refractivity contribution in [3.05, 3.63) is 56.8 Å². The van der Waals surface area contributed by atoms with Crippen LogP contribution in [0.15, 0.2) is 24.3 Å². The zero-order valence-corrected chi connectivity index (χ0v) is 12.1. The zero-order valence-electron chi connectivity index (χ0n) is 11.3. The average molecular weight is 281 g/mol. The molecule has 0 spiro atoms. The van der Waals surface area contributed by atoms with E-state index in [4.69, 9.17) is 0 Å². The molecule has 0 fully saturated rings. The fourth-order valence-corrected chi connectivity index (χ4v) is 3.20. The number of hydrogen-bond donors (Lipinski definition) is 1. The van der Waals surface area contributed by atoms with E-state index in [0.29, 0.717) is 12.0 Å². The summed E-state index contributed by atoms with van der Waals surface area (Å²) in [5.74, 6) is -1.53. The molecular weight excluding hydrogens is 264 g/mol. The van der Waals surface area contributed by atoms with Crippen LogP contribution in [-0.2, 0) is 6.42 Å². The summed E-state index contributed by atoms with van der Waals surface area (Å²) in [4.78, 5) is 2.41. The highest BCUT2D eigenvalue weighted by Crippen LogP contribution is 2.29. The molecule has 0 aliphatic rings. The molecule has 1 aromatic heterocycles. The third kappa shape index (κ3) is 3.01. The summed E-state index contributed by atoms with van der Waals surface area (Å²) in [7, 11) is 1.84. The summed E-state index contributed by atoms with van der Waals surface area (Å²) in [5, 5.41) is 3.18. The van der Waals surface area contributed by atoms with Crippen LogP contribution in [0.3, 0.4) is 0 Å². The quantitative estimate of drug-likeness (QED) is 0.888. The van der Waals surface area contributed by atoms with E-state index in [-0.39, 0.29) is 6.04 Å². The van der Waals surface area contributed by atoms with Gasteiger partial charge in [0.1, 0.15) is 0 Å². The van der Waals surface area contributed by atoms with E-state index in [1.165, 1.54) is 10.4 Å². The Morgan fingerprint density at radius 3 is 2.58 bits per heavy atom. The minimum atomic E-state index is -0.786. The first-order valence-electron chi connectivity index (χ1n) is 6.20. The van der Waals surface area contributed by atoms with E-state index in [0.717, 1.165) is 10.9 Å². The van der Waals surface area contributed by atoms with Crippen LogP contribution in [0.4, 0.5) is 8.78 Å². The molecule has 2 aromatic rings. The Morgan fingerprint density at radius 1 is 1.26 bits per heavy atom. The molecular formula is C15H17F2NS. The van der Waals surface area contributed by atoms with Crippen molar-refractivity contribution in [2.75, 3.05) is 7.05 Å². The van der Waals surface area contributed by atoms with Crippen molar-refractivity contribution in [2.45, 2.75) is 26.3 Å². The minimum absolute atomic E-state index is 0.00806. The van der Waals surface area contributed by atoms with Gasteiger partial charge in [-0.2, -0.15) is 0 Å². The molecule has 1 N–H and O–H groups in total. The van der Waals surface area contributed by atoms with Gasteiger partial charge in [0.25, 0.3) is 0 Å². The van der Waals surface area contributed by atoms with Crippen molar-refractivity contribution in [1.29, 1.82) is 0 Å². The average Bonchev–Trinajstić information content (AvgIpc) is 2.71. The molecule has 19 heavy (non-hydrogen) atoms. The van der Waals surface area contributed by atoms with E-state index in [9.17, 15) is 8.78 Å². The second-order valence-electron chi connectivity index (χ2n) is 4.65. The molecule has 0 amide bonds. The lowest BCUT2D eigenvalue weighted by atomic mass is 10.0. The second-order valence-corrected chi connectivity index (χ2v) is 5.93. The van der Waals surface area contributed by atoms with Crippen LogP contribution in [0.25, 0.3) is 0 Å². The zero-order chi connectivity index (χ0) is 14.0. The van der Waals surface area contributed by atoms with Crippen molar-refractivity contribution in [1.82, 2.24) is 5.32 Å². The first kappa shape index (κ1) is 14.2. The van der Waals surface area contributed by atoms with E-state index >= 15 is 0 Å². The normalized spacial score (nSPS) is 12.7. The van der Waals surface area contributed by atoms with Crippen LogP contribution in [-0.4, -0.2) is 7.05 Å². The fourth-order valence-electron chi connectivity index (χ4n) is 2.04. The summed E-state index contributed by atoms with van der Waals surface area (Å²) in [5.41, 5.74) is 1.64. The minimum Gasteiger partial charge on any atom is -0.312 e. The maximum atomic E-state index is 13.7. The van der Waals surface area contributed by atoms with Gasteiger partial charge >= 0.3 is 0 Å². The summed E-state index contributed by atoms with van der Waals surface area (Å²) in [6.07, 6.45) is 0.444. The van der Waals surface area contributed by atoms with Crippen LogP contribution < -0.4 is 5.32 Å². The number of thiophene rings is 1. The predicted molar refractivity (Wildman–Crippen MR) is 75.7 cm³/mol. The molecule has 1 heterocycles. The molecule has 0 saturated heterocycles. The summed E-state index contributed by atoms with van der Waals surface area (Å²) >= 11 is 1.70. The maximum Gasteiger partial charge on any atom is 0.162 e. The predicted octanol–water partition coefficient (Wildman–Crippen LogP) is 4.15. The molecule has 1 nitrogen and oxygen atoms in total. The van der Waals surface area contributed by atoms with Crippen molar-refractivity contribution < 1.29 is 8.78 Å². The lowest BCUT2D eigenvalue weighted by molar-refractivity contribution is 0.488. The molecule has 0 saturated carbocycles. The largest absolute Gasteiger partial charge is 0.312 e. The first-order chi connectivity index (χ1) is 9.02. The Bertz CT molecular complexity index is 558. The molecule has 1 atom stereocenters. The van der Waals surface area contributed by atoms with Gasteiger partial charge in [-0.3, -0.25) is 0 Å². The Kier molecular flexibility index (Phi) is 4.32. The summed E-state index contributed by atoms with van der Waals surface area (Å²) < 4.78 is 26.9. The van der Waals surface area contributed by atoms with Gasteiger partial charge in [-0.15, -0.1) is 11.3 Å². The molecule has 2 rings (SSSR count). The maximum absolute atomic E-state index is 13.7. The number of hydrogen-bond acceptors (Lipinski definition) is 2. The molecule has 0 radical (unpaired) electrons. The highest BCUT2D eigenvalue weighted by Gasteiger charge is 2.17. The van der Waals surface area contributed by atoms with Crippen molar-refractivity contribution in [3.63, 3.8) is 0 Å². The monoisotopic (exact) mass is 281 g/mol. The van der Waals surface area contributed by atoms with E-state index < -0.39 is 11.6 Å². The summed E-state index contributed by atoms with van der Waals surface area (Å²) in [6.45, 7) is 4.13. The van der Waals surface area contributed by atoms with Crippen LogP contribution in [0.2, 0.25) is 0 Å². The van der Waals surface area contributed by atoms with Crippen molar-refractivity contribution >= 4 is 11.3 Å². The standard InChI is InChI=1S/C15H17F2NS/c1-9-7-14(19-10(9)2)13(18-3)8-11-5-4-6-12(16)15(11)17/h4-7,13,18H,8H2,1-3H3. The van der Waals surface area contributed by atoms with Crippen LogP contribution >= 0.6 is 11.3 Å². The topological polar surface area (TPSA) is 12.0 Å². The molecule has 0 aliphatic heterocycles. The van der Waals surface area contributed by atoms with Gasteiger partial charge in [-0.05, 0) is 50.6 Å². The summed E-state index contributed by atoms with van der Waals surface area (Å²) in [6, 6.07) is 6.45. The Balaban J connectivity index is 2.26. The van der Waals surface area contributed by atoms with Crippen LogP contribution in [0.5, 0.6) is 0 Å². The highest BCUT2D eigenvalue weighted by atomic mass is 32.1. The van der Waals surface area contributed by atoms with Gasteiger partial charge in [0.05, 0.1) is 0 Å². The van der Waals surface area contributed by atoms with Crippen molar-refractivity contribution in [3.8, 4) is 0 Å². The SMILES string of the molecule is CNC(Cc1cccc(F)c1F)c1cc(C)c(C)s1. The van der Waals surface area contributed by atoms with E-state index in [2.05, 4.69) is 25.2 Å². The Morgan fingerprint density at radius 2 is 2.00 bits per heavy atom. The van der Waals surface area contributed by atoms with Crippen molar-refractivity contribution in [2.24, 2.45) is 0 Å². The Hall–Kier alpha value is -1.26. The molecule has 1 aromatic carbocycles. The molecule has 102 valence electrons. The molecule has 1 unspecified atom stereocenters. The number of benzene rings is 1. The van der Waals surface area contributed by atoms with E-state index in [1.54, 1.807) is 23.5 Å². The number of aryl methyl sites for hydroxylation is 2. The van der Waals surface area contributed by atoms with Gasteiger partial charge in [0.15, 0.2) is 11.6 Å². The first-order valence-corrected chi connectivity index (χ1v) is 7.01. The Labute approximate surface area is 116 Å².